The summed E-state index contributed by atoms with van der Waals surface area (Å²) in [7, 11) is 1.64. The van der Waals surface area contributed by atoms with Crippen molar-refractivity contribution in [1.82, 2.24) is 10.4 Å². The van der Waals surface area contributed by atoms with Crippen LogP contribution in [-0.4, -0.2) is 56.3 Å². The van der Waals surface area contributed by atoms with Gasteiger partial charge >= 0.3 is 0 Å². The second-order valence-corrected chi connectivity index (χ2v) is 8.59. The largest absolute Gasteiger partial charge is 0.487 e. The van der Waals surface area contributed by atoms with Gasteiger partial charge in [-0.05, 0) is 61.2 Å². The molecular formula is C26H32N4O3. The Morgan fingerprint density at radius 1 is 1.18 bits per heavy atom. The Morgan fingerprint density at radius 2 is 1.94 bits per heavy atom. The van der Waals surface area contributed by atoms with Gasteiger partial charge in [-0.25, -0.2) is 0 Å². The number of ether oxygens (including phenoxy) is 1. The van der Waals surface area contributed by atoms with Gasteiger partial charge in [-0.2, -0.15) is 5.48 Å². The summed E-state index contributed by atoms with van der Waals surface area (Å²) in [5.74, 6) is 1.32. The molecule has 7 heteroatoms. The van der Waals surface area contributed by atoms with Crippen LogP contribution in [0.5, 0.6) is 5.75 Å². The first kappa shape index (κ1) is 23.2. The molecule has 0 radical (unpaired) electrons. The van der Waals surface area contributed by atoms with E-state index in [2.05, 4.69) is 33.6 Å². The Bertz CT molecular complexity index is 984. The lowest BCUT2D eigenvalue weighted by atomic mass is 9.86. The third-order valence-corrected chi connectivity index (χ3v) is 6.40. The molecule has 5 rings (SSSR count). The predicted molar refractivity (Wildman–Crippen MR) is 129 cm³/mol. The minimum absolute atomic E-state index is 0.117. The van der Waals surface area contributed by atoms with Crippen LogP contribution in [0.1, 0.15) is 30.0 Å². The number of benzene rings is 2. The summed E-state index contributed by atoms with van der Waals surface area (Å²) in [5.41, 5.74) is 11.8. The standard InChI is InChI=1S/C26H32N4O3/c1-28-23(15-22(27)17-31)18-32-24-9-5-8-21(14-24)26(20-6-3-2-4-7-20)29-33-25-16-30-12-10-19(25)11-13-30/h2-9,14-15,17,19,25-26,29H,10-13,16,18,27H2,1H3/t25-,26?/m0/s1. The van der Waals surface area contributed by atoms with E-state index in [0.29, 0.717) is 23.7 Å². The first-order valence-electron chi connectivity index (χ1n) is 11.5. The molecule has 2 aromatic carbocycles. The predicted octanol–water partition coefficient (Wildman–Crippen LogP) is 2.88. The fourth-order valence-electron chi connectivity index (χ4n) is 4.51. The van der Waals surface area contributed by atoms with E-state index >= 15 is 0 Å². The lowest BCUT2D eigenvalue weighted by Crippen LogP contribution is -2.53. The average Bonchev–Trinajstić information content (AvgIpc) is 2.88. The Labute approximate surface area is 195 Å². The van der Waals surface area contributed by atoms with E-state index in [-0.39, 0.29) is 24.4 Å². The Hall–Kier alpha value is -3.00. The van der Waals surface area contributed by atoms with Crippen molar-refractivity contribution in [2.75, 3.05) is 33.3 Å². The number of aliphatic imine (C=N–C) groups is 1. The van der Waals surface area contributed by atoms with E-state index in [0.717, 1.165) is 17.7 Å². The van der Waals surface area contributed by atoms with Crippen LogP contribution in [0, 0.1) is 5.92 Å². The maximum absolute atomic E-state index is 10.8. The molecule has 2 aromatic rings. The lowest BCUT2D eigenvalue weighted by Gasteiger charge is -2.44. The van der Waals surface area contributed by atoms with Crippen molar-refractivity contribution in [1.29, 1.82) is 0 Å². The van der Waals surface area contributed by atoms with Crippen molar-refractivity contribution in [2.45, 2.75) is 25.0 Å². The number of nitrogens with zero attached hydrogens (tertiary/aromatic N) is 2. The van der Waals surface area contributed by atoms with E-state index in [1.54, 1.807) is 7.05 Å². The van der Waals surface area contributed by atoms with Crippen LogP contribution in [0.2, 0.25) is 0 Å². The van der Waals surface area contributed by atoms with E-state index in [9.17, 15) is 4.79 Å². The number of rotatable bonds is 10. The van der Waals surface area contributed by atoms with Crippen LogP contribution in [0.25, 0.3) is 0 Å². The van der Waals surface area contributed by atoms with E-state index in [4.69, 9.17) is 15.3 Å². The highest BCUT2D eigenvalue weighted by Crippen LogP contribution is 2.31. The number of nitrogens with two attached hydrogens (primary N) is 1. The summed E-state index contributed by atoms with van der Waals surface area (Å²) in [6.45, 7) is 3.57. The van der Waals surface area contributed by atoms with Crippen LogP contribution in [-0.2, 0) is 9.63 Å². The van der Waals surface area contributed by atoms with Crippen molar-refractivity contribution in [2.24, 2.45) is 16.6 Å². The van der Waals surface area contributed by atoms with Gasteiger partial charge in [-0.3, -0.25) is 14.6 Å². The van der Waals surface area contributed by atoms with Gasteiger partial charge in [-0.15, -0.1) is 0 Å². The molecule has 0 aliphatic carbocycles. The number of piperidine rings is 3. The third kappa shape index (κ3) is 6.07. The van der Waals surface area contributed by atoms with Gasteiger partial charge in [0.15, 0.2) is 6.29 Å². The summed E-state index contributed by atoms with van der Waals surface area (Å²) in [6, 6.07) is 18.1. The molecule has 3 fully saturated rings. The smallest absolute Gasteiger partial charge is 0.165 e. The highest BCUT2D eigenvalue weighted by molar-refractivity contribution is 5.99. The number of carbonyl (C=O) groups excluding carboxylic acids is 1. The van der Waals surface area contributed by atoms with E-state index in [1.165, 1.54) is 32.0 Å². The second kappa shape index (κ2) is 11.2. The number of aldehydes is 1. The topological polar surface area (TPSA) is 89.2 Å². The van der Waals surface area contributed by atoms with Crippen LogP contribution in [0.15, 0.2) is 71.4 Å². The molecular weight excluding hydrogens is 416 g/mol. The number of allylic oxidation sites excluding steroid dienone is 1. The number of hydrogen-bond acceptors (Lipinski definition) is 7. The zero-order valence-corrected chi connectivity index (χ0v) is 19.0. The number of hydrogen-bond donors (Lipinski definition) is 2. The van der Waals surface area contributed by atoms with Gasteiger partial charge < -0.3 is 15.4 Å². The highest BCUT2D eigenvalue weighted by Gasteiger charge is 2.35. The zero-order chi connectivity index (χ0) is 23.0. The van der Waals surface area contributed by atoms with Gasteiger partial charge in [0.05, 0.1) is 23.6 Å². The van der Waals surface area contributed by atoms with Crippen molar-refractivity contribution in [3.63, 3.8) is 0 Å². The molecule has 2 atom stereocenters. The molecule has 1 unspecified atom stereocenters. The first-order chi connectivity index (χ1) is 16.2. The van der Waals surface area contributed by atoms with Crippen LogP contribution < -0.4 is 16.0 Å². The SMILES string of the molecule is CN=C(C=C(N)C=O)COc1cccc(C(NO[C@H]2CN3CCC2CC3)c2ccccc2)c1. The second-order valence-electron chi connectivity index (χ2n) is 8.59. The van der Waals surface area contributed by atoms with Gasteiger partial charge in [0, 0.05) is 13.6 Å². The van der Waals surface area contributed by atoms with Crippen molar-refractivity contribution in [3.05, 3.63) is 77.5 Å². The molecule has 0 spiro atoms. The molecule has 3 aliphatic rings. The Morgan fingerprint density at radius 3 is 2.61 bits per heavy atom. The molecule has 3 N–H and O–H groups in total. The van der Waals surface area contributed by atoms with Gasteiger partial charge in [0.1, 0.15) is 12.4 Å². The van der Waals surface area contributed by atoms with Crippen molar-refractivity contribution >= 4 is 12.0 Å². The van der Waals surface area contributed by atoms with Gasteiger partial charge in [0.25, 0.3) is 0 Å². The van der Waals surface area contributed by atoms with Crippen LogP contribution in [0.4, 0.5) is 0 Å². The van der Waals surface area contributed by atoms with E-state index < -0.39 is 0 Å². The number of nitrogens with one attached hydrogen (secondary N) is 1. The molecule has 33 heavy (non-hydrogen) atoms. The molecule has 2 bridgehead atoms. The van der Waals surface area contributed by atoms with Crippen LogP contribution >= 0.6 is 0 Å². The molecule has 3 aliphatic heterocycles. The number of hydroxylamine groups is 1. The normalized spacial score (nSPS) is 23.8. The minimum Gasteiger partial charge on any atom is -0.487 e. The fourth-order valence-corrected chi connectivity index (χ4v) is 4.51. The first-order valence-corrected chi connectivity index (χ1v) is 11.5. The molecule has 7 nitrogen and oxygen atoms in total. The van der Waals surface area contributed by atoms with Gasteiger partial charge in [0.2, 0.25) is 0 Å². The van der Waals surface area contributed by atoms with Gasteiger partial charge in [-0.1, -0.05) is 42.5 Å². The molecule has 3 heterocycles. The van der Waals surface area contributed by atoms with Crippen molar-refractivity contribution in [3.8, 4) is 5.75 Å². The summed E-state index contributed by atoms with van der Waals surface area (Å²) in [5, 5.41) is 0. The minimum atomic E-state index is -0.130. The molecule has 0 aromatic heterocycles. The summed E-state index contributed by atoms with van der Waals surface area (Å²) < 4.78 is 5.94. The third-order valence-electron chi connectivity index (χ3n) is 6.40. The monoisotopic (exact) mass is 448 g/mol. The zero-order valence-electron chi connectivity index (χ0n) is 19.0. The van der Waals surface area contributed by atoms with Crippen LogP contribution in [0.3, 0.4) is 0 Å². The van der Waals surface area contributed by atoms with Crippen molar-refractivity contribution < 1.29 is 14.4 Å². The summed E-state index contributed by atoms with van der Waals surface area (Å²) >= 11 is 0. The molecule has 0 amide bonds. The summed E-state index contributed by atoms with van der Waals surface area (Å²) in [6.07, 6.45) is 4.73. The quantitative estimate of drug-likeness (QED) is 0.251. The Kier molecular flexibility index (Phi) is 7.88. The Balaban J connectivity index is 1.48. The molecule has 0 saturated carbocycles. The summed E-state index contributed by atoms with van der Waals surface area (Å²) in [4.78, 5) is 23.7. The molecule has 3 saturated heterocycles. The number of fused-ring (bicyclic) bond motifs is 3. The highest BCUT2D eigenvalue weighted by atomic mass is 16.7. The number of carbonyl (C=O) groups is 1. The maximum Gasteiger partial charge on any atom is 0.165 e. The molecule has 174 valence electrons. The average molecular weight is 449 g/mol. The maximum atomic E-state index is 10.8. The fraction of sp³-hybridized carbons (Fsp3) is 0.385. The van der Waals surface area contributed by atoms with E-state index in [1.807, 2.05) is 36.4 Å². The lowest BCUT2D eigenvalue weighted by molar-refractivity contribution is -0.119.